The zero-order chi connectivity index (χ0) is 20.9. The van der Waals surface area contributed by atoms with Gasteiger partial charge in [-0.2, -0.15) is 9.97 Å². The molecule has 2 aromatic heterocycles. The first kappa shape index (κ1) is 18.9. The van der Waals surface area contributed by atoms with Crippen LogP contribution < -0.4 is 15.0 Å². The Hall–Kier alpha value is -2.80. The van der Waals surface area contributed by atoms with E-state index >= 15 is 4.39 Å². The van der Waals surface area contributed by atoms with Crippen LogP contribution in [0.1, 0.15) is 36.8 Å². The molecule has 3 aromatic rings. The molecule has 0 amide bonds. The van der Waals surface area contributed by atoms with Gasteiger partial charge in [-0.3, -0.25) is 4.98 Å². The highest BCUT2D eigenvalue weighted by molar-refractivity contribution is 5.92. The number of benzene rings is 1. The van der Waals surface area contributed by atoms with Crippen molar-refractivity contribution in [3.8, 4) is 17.3 Å². The van der Waals surface area contributed by atoms with Crippen molar-refractivity contribution < 1.29 is 9.13 Å². The molecule has 160 valence electrons. The van der Waals surface area contributed by atoms with Crippen LogP contribution in [0, 0.1) is 5.82 Å². The minimum absolute atomic E-state index is 0.194. The summed E-state index contributed by atoms with van der Waals surface area (Å²) in [6.07, 6.45) is 8.40. The minimum atomic E-state index is -0.392. The minimum Gasteiger partial charge on any atom is -0.467 e. The summed E-state index contributed by atoms with van der Waals surface area (Å²) in [7, 11) is 1.53. The predicted molar refractivity (Wildman–Crippen MR) is 118 cm³/mol. The highest BCUT2D eigenvalue weighted by Gasteiger charge is 2.34. The summed E-state index contributed by atoms with van der Waals surface area (Å²) >= 11 is 0. The van der Waals surface area contributed by atoms with Gasteiger partial charge in [-0.25, -0.2) is 4.39 Å². The number of aryl methyl sites for hydroxylation is 1. The van der Waals surface area contributed by atoms with Crippen LogP contribution >= 0.6 is 0 Å². The number of ether oxygens (including phenoxy) is 1. The van der Waals surface area contributed by atoms with E-state index in [2.05, 4.69) is 31.2 Å². The van der Waals surface area contributed by atoms with Crippen LogP contribution in [0.25, 0.3) is 22.2 Å². The molecule has 2 atom stereocenters. The van der Waals surface area contributed by atoms with E-state index in [4.69, 9.17) is 4.74 Å². The lowest BCUT2D eigenvalue weighted by Gasteiger charge is -2.34. The maximum atomic E-state index is 15.9. The maximum Gasteiger partial charge on any atom is 0.318 e. The standard InChI is InChI=1S/C24H26FN5O/c1-31-24-28-22-19(23(29-24)30-12-15-9-10-16(13-30)27-15)11-26-21(20(22)25)18-8-4-6-14-5-2-3-7-17(14)18/h4,6,8,11,15-16,27H,2-3,5,7,9-10,12-13H2,1H3. The molecule has 2 bridgehead atoms. The number of pyridine rings is 1. The first-order valence-corrected chi connectivity index (χ1v) is 11.2. The van der Waals surface area contributed by atoms with Crippen molar-refractivity contribution in [3.05, 3.63) is 41.3 Å². The van der Waals surface area contributed by atoms with Crippen LogP contribution in [0.3, 0.4) is 0 Å². The van der Waals surface area contributed by atoms with Crippen molar-refractivity contribution in [3.63, 3.8) is 0 Å². The molecule has 1 N–H and O–H groups in total. The monoisotopic (exact) mass is 419 g/mol. The van der Waals surface area contributed by atoms with E-state index in [1.165, 1.54) is 24.7 Å². The average molecular weight is 420 g/mol. The summed E-state index contributed by atoms with van der Waals surface area (Å²) in [5.41, 5.74) is 4.07. The van der Waals surface area contributed by atoms with Crippen LogP contribution in [0.2, 0.25) is 0 Å². The van der Waals surface area contributed by atoms with E-state index in [0.29, 0.717) is 29.0 Å². The number of piperazine rings is 1. The van der Waals surface area contributed by atoms with Crippen LogP contribution in [-0.4, -0.2) is 47.2 Å². The number of fused-ring (bicyclic) bond motifs is 4. The van der Waals surface area contributed by atoms with Gasteiger partial charge in [0.25, 0.3) is 0 Å². The quantitative estimate of drug-likeness (QED) is 0.699. The molecule has 0 saturated carbocycles. The Bertz CT molecular complexity index is 1150. The third-order valence-corrected chi connectivity index (χ3v) is 6.99. The average Bonchev–Trinajstić information content (AvgIpc) is 3.16. The third kappa shape index (κ3) is 3.14. The molecule has 0 radical (unpaired) electrons. The number of halogens is 1. The second kappa shape index (κ2) is 7.41. The molecule has 0 spiro atoms. The molecule has 1 aromatic carbocycles. The Kier molecular flexibility index (Phi) is 4.52. The van der Waals surface area contributed by atoms with Gasteiger partial charge in [-0.15, -0.1) is 0 Å². The van der Waals surface area contributed by atoms with Gasteiger partial charge in [0, 0.05) is 36.9 Å². The van der Waals surface area contributed by atoms with Crippen molar-refractivity contribution in [2.24, 2.45) is 0 Å². The lowest BCUT2D eigenvalue weighted by molar-refractivity contribution is 0.380. The summed E-state index contributed by atoms with van der Waals surface area (Å²) in [6, 6.07) is 7.23. The Labute approximate surface area is 180 Å². The lowest BCUT2D eigenvalue weighted by atomic mass is 9.87. The van der Waals surface area contributed by atoms with E-state index in [9.17, 15) is 0 Å². The van der Waals surface area contributed by atoms with Crippen molar-refractivity contribution in [1.29, 1.82) is 0 Å². The number of nitrogens with one attached hydrogen (secondary N) is 1. The zero-order valence-corrected chi connectivity index (χ0v) is 17.7. The van der Waals surface area contributed by atoms with Gasteiger partial charge in [0.2, 0.25) is 0 Å². The Morgan fingerprint density at radius 1 is 1.10 bits per heavy atom. The number of rotatable bonds is 3. The second-order valence-corrected chi connectivity index (χ2v) is 8.91. The predicted octanol–water partition coefficient (Wildman–Crippen LogP) is 3.66. The van der Waals surface area contributed by atoms with E-state index in [-0.39, 0.29) is 11.5 Å². The number of hydrogen-bond acceptors (Lipinski definition) is 6. The summed E-state index contributed by atoms with van der Waals surface area (Å²) in [4.78, 5) is 15.9. The molecule has 2 saturated heterocycles. The zero-order valence-electron chi connectivity index (χ0n) is 17.7. The number of aromatic nitrogens is 3. The highest BCUT2D eigenvalue weighted by atomic mass is 19.1. The molecule has 6 nitrogen and oxygen atoms in total. The number of methoxy groups -OCH3 is 1. The molecular formula is C24H26FN5O. The van der Waals surface area contributed by atoms with Gasteiger partial charge in [-0.1, -0.05) is 18.2 Å². The molecular weight excluding hydrogens is 393 g/mol. The largest absolute Gasteiger partial charge is 0.467 e. The van der Waals surface area contributed by atoms with Crippen LogP contribution in [0.4, 0.5) is 10.2 Å². The summed E-state index contributed by atoms with van der Waals surface area (Å²) in [5, 5.41) is 4.28. The number of nitrogens with zero attached hydrogens (tertiary/aromatic N) is 4. The smallest absolute Gasteiger partial charge is 0.318 e. The van der Waals surface area contributed by atoms with Gasteiger partial charge in [0.15, 0.2) is 5.82 Å². The Morgan fingerprint density at radius 3 is 2.71 bits per heavy atom. The lowest BCUT2D eigenvalue weighted by Crippen LogP contribution is -2.51. The van der Waals surface area contributed by atoms with Crippen LogP contribution in [0.5, 0.6) is 6.01 Å². The van der Waals surface area contributed by atoms with Crippen molar-refractivity contribution >= 4 is 16.7 Å². The molecule has 7 heteroatoms. The molecule has 2 unspecified atom stereocenters. The molecule has 2 aliphatic heterocycles. The Morgan fingerprint density at radius 2 is 1.90 bits per heavy atom. The normalized spacial score (nSPS) is 22.6. The van der Waals surface area contributed by atoms with Gasteiger partial charge < -0.3 is 15.0 Å². The van der Waals surface area contributed by atoms with Crippen LogP contribution in [-0.2, 0) is 12.8 Å². The molecule has 31 heavy (non-hydrogen) atoms. The summed E-state index contributed by atoms with van der Waals surface area (Å²) < 4.78 is 21.3. The number of anilines is 1. The molecule has 4 heterocycles. The summed E-state index contributed by atoms with van der Waals surface area (Å²) in [6.45, 7) is 1.70. The second-order valence-electron chi connectivity index (χ2n) is 8.91. The summed E-state index contributed by atoms with van der Waals surface area (Å²) in [5.74, 6) is 0.324. The number of hydrogen-bond donors (Lipinski definition) is 1. The Balaban J connectivity index is 1.51. The topological polar surface area (TPSA) is 63.2 Å². The van der Waals surface area contributed by atoms with Gasteiger partial charge in [-0.05, 0) is 49.7 Å². The van der Waals surface area contributed by atoms with Crippen molar-refractivity contribution in [1.82, 2.24) is 20.3 Å². The SMILES string of the molecule is COc1nc(N2CC3CCC(C2)N3)c2cnc(-c3cccc4c3CCCC4)c(F)c2n1. The van der Waals surface area contributed by atoms with Gasteiger partial charge in [0.05, 0.1) is 12.5 Å². The van der Waals surface area contributed by atoms with E-state index in [0.717, 1.165) is 50.8 Å². The van der Waals surface area contributed by atoms with Crippen molar-refractivity contribution in [2.75, 3.05) is 25.1 Å². The fourth-order valence-corrected chi connectivity index (χ4v) is 5.51. The molecule has 2 fully saturated rings. The van der Waals surface area contributed by atoms with Gasteiger partial charge >= 0.3 is 6.01 Å². The highest BCUT2D eigenvalue weighted by Crippen LogP contribution is 2.36. The molecule has 3 aliphatic rings. The van der Waals surface area contributed by atoms with E-state index in [1.807, 2.05) is 12.1 Å². The first-order chi connectivity index (χ1) is 15.2. The van der Waals surface area contributed by atoms with Crippen LogP contribution in [0.15, 0.2) is 24.4 Å². The van der Waals surface area contributed by atoms with E-state index in [1.54, 1.807) is 6.20 Å². The van der Waals surface area contributed by atoms with Gasteiger partial charge in [0.1, 0.15) is 17.0 Å². The fraction of sp³-hybridized carbons (Fsp3) is 0.458. The first-order valence-electron chi connectivity index (χ1n) is 11.2. The maximum absolute atomic E-state index is 15.9. The van der Waals surface area contributed by atoms with Crippen molar-refractivity contribution in [2.45, 2.75) is 50.6 Å². The fourth-order valence-electron chi connectivity index (χ4n) is 5.51. The third-order valence-electron chi connectivity index (χ3n) is 6.99. The molecule has 1 aliphatic carbocycles. The molecule has 6 rings (SSSR count). The van der Waals surface area contributed by atoms with E-state index < -0.39 is 5.82 Å².